The summed E-state index contributed by atoms with van der Waals surface area (Å²) in [5.41, 5.74) is -0.145. The summed E-state index contributed by atoms with van der Waals surface area (Å²) in [5.74, 6) is -6.18. The van der Waals surface area contributed by atoms with E-state index >= 15 is 0 Å². The van der Waals surface area contributed by atoms with E-state index in [2.05, 4.69) is 4.74 Å². The van der Waals surface area contributed by atoms with Crippen LogP contribution < -0.4 is 9.64 Å². The van der Waals surface area contributed by atoms with E-state index < -0.39 is 60.4 Å². The molecule has 0 bridgehead atoms. The fourth-order valence-corrected chi connectivity index (χ4v) is 4.30. The Kier molecular flexibility index (Phi) is 7.10. The van der Waals surface area contributed by atoms with Crippen molar-refractivity contribution < 1.29 is 54.1 Å². The van der Waals surface area contributed by atoms with Crippen molar-refractivity contribution in [1.29, 1.82) is 0 Å². The van der Waals surface area contributed by atoms with Gasteiger partial charge >= 0.3 is 12.5 Å². The van der Waals surface area contributed by atoms with E-state index in [1.807, 2.05) is 0 Å². The van der Waals surface area contributed by atoms with Crippen molar-refractivity contribution in [3.8, 4) is 16.9 Å². The van der Waals surface area contributed by atoms with E-state index in [0.29, 0.717) is 12.1 Å². The molecule has 4 rings (SSSR count). The minimum Gasteiger partial charge on any atom is -0.489 e. The topological polar surface area (TPSA) is 41.9 Å². The van der Waals surface area contributed by atoms with Crippen LogP contribution >= 0.6 is 0 Å². The molecule has 2 aromatic carbocycles. The van der Waals surface area contributed by atoms with Gasteiger partial charge in [-0.15, -0.1) is 13.2 Å². The van der Waals surface area contributed by atoms with Crippen molar-refractivity contribution in [2.75, 3.05) is 18.1 Å². The van der Waals surface area contributed by atoms with Crippen molar-refractivity contribution in [3.05, 3.63) is 71.8 Å². The molecule has 200 valence electrons. The Labute approximate surface area is 204 Å². The number of allylic oxidation sites excluding steroid dienone is 2. The number of halogens is 9. The summed E-state index contributed by atoms with van der Waals surface area (Å²) in [6.07, 6.45) is -9.17. The van der Waals surface area contributed by atoms with Gasteiger partial charge in [-0.1, -0.05) is 18.2 Å². The zero-order chi connectivity index (χ0) is 27.1. The van der Waals surface area contributed by atoms with Crippen LogP contribution in [0.5, 0.6) is 5.75 Å². The number of alkyl halides is 6. The molecule has 0 spiro atoms. The second-order valence-corrected chi connectivity index (χ2v) is 8.41. The minimum absolute atomic E-state index is 0.0107. The van der Waals surface area contributed by atoms with Crippen LogP contribution in [0.25, 0.3) is 11.1 Å². The molecule has 0 fully saturated rings. The number of ether oxygens (including phenoxy) is 2. The number of para-hydroxylation sites is 1. The fourth-order valence-electron chi connectivity index (χ4n) is 4.30. The molecule has 13 heteroatoms. The Hall–Kier alpha value is -3.35. The van der Waals surface area contributed by atoms with Crippen LogP contribution in [-0.2, 0) is 4.74 Å². The monoisotopic (exact) mass is 539 g/mol. The molecule has 1 unspecified atom stereocenters. The average Bonchev–Trinajstić information content (AvgIpc) is 2.80. The summed E-state index contributed by atoms with van der Waals surface area (Å²) in [6, 6.07) is 4.42. The third kappa shape index (κ3) is 5.81. The first kappa shape index (κ1) is 26.7. The van der Waals surface area contributed by atoms with Crippen LogP contribution in [0.1, 0.15) is 6.42 Å². The normalized spacial score (nSPS) is 20.7. The summed E-state index contributed by atoms with van der Waals surface area (Å²) in [4.78, 5) is 1.13. The van der Waals surface area contributed by atoms with Gasteiger partial charge in [0.25, 0.3) is 0 Å². The molecule has 1 aliphatic carbocycles. The lowest BCUT2D eigenvalue weighted by Gasteiger charge is -2.43. The van der Waals surface area contributed by atoms with Crippen molar-refractivity contribution >= 4 is 5.69 Å². The summed E-state index contributed by atoms with van der Waals surface area (Å²) >= 11 is 0. The molecule has 0 radical (unpaired) electrons. The molecule has 0 saturated carbocycles. The van der Waals surface area contributed by atoms with Gasteiger partial charge in [0, 0.05) is 11.5 Å². The van der Waals surface area contributed by atoms with E-state index in [-0.39, 0.29) is 35.6 Å². The zero-order valence-electron chi connectivity index (χ0n) is 18.6. The molecule has 37 heavy (non-hydrogen) atoms. The smallest absolute Gasteiger partial charge is 0.489 e. The van der Waals surface area contributed by atoms with Gasteiger partial charge in [0.05, 0.1) is 18.3 Å². The summed E-state index contributed by atoms with van der Waals surface area (Å²) < 4.78 is 129. The predicted molar refractivity (Wildman–Crippen MR) is 113 cm³/mol. The zero-order valence-corrected chi connectivity index (χ0v) is 18.6. The maximum Gasteiger partial charge on any atom is 0.573 e. The molecular weight excluding hydrogens is 521 g/mol. The van der Waals surface area contributed by atoms with Gasteiger partial charge in [-0.3, -0.25) is 0 Å². The third-order valence-corrected chi connectivity index (χ3v) is 5.94. The van der Waals surface area contributed by atoms with Crippen LogP contribution in [0.2, 0.25) is 0 Å². The molecule has 1 heterocycles. The van der Waals surface area contributed by atoms with E-state index in [4.69, 9.17) is 4.74 Å². The lowest BCUT2D eigenvalue weighted by Crippen LogP contribution is -2.52. The molecule has 1 aliphatic heterocycles. The first-order chi connectivity index (χ1) is 17.2. The lowest BCUT2D eigenvalue weighted by atomic mass is 9.89. The minimum atomic E-state index is -5.02. The van der Waals surface area contributed by atoms with E-state index in [0.717, 1.165) is 17.1 Å². The number of hydrogen-bond donors (Lipinski definition) is 1. The third-order valence-electron chi connectivity index (χ3n) is 5.94. The first-order valence-electron chi connectivity index (χ1n) is 10.8. The van der Waals surface area contributed by atoms with Gasteiger partial charge < -0.3 is 19.5 Å². The Morgan fingerprint density at radius 3 is 2.35 bits per heavy atom. The number of nitrogens with zero attached hydrogens (tertiary/aromatic N) is 1. The number of β-amino-alcohol motifs (C(OH)–C–C–N with tert-alkyl or cyclic N) is 1. The highest BCUT2D eigenvalue weighted by atomic mass is 19.4. The molecule has 0 saturated heterocycles. The predicted octanol–water partition coefficient (Wildman–Crippen LogP) is 6.26. The standard InChI is InChI=1S/C24H18F9NO3/c25-16-8-13(9-17(26)21(16)27)15-5-2-6-18-22(15)36-11-19(34(18)10-20(35)23(28,29)30)12-3-1-4-14(7-12)37-24(31,32)33/h1-2,4-9,12,19-20,35H,3,10-11H2/t12?,19-,20-/m1/s1. The average molecular weight is 539 g/mol. The van der Waals surface area contributed by atoms with Crippen LogP contribution in [0.15, 0.2) is 54.3 Å². The second kappa shape index (κ2) is 9.84. The highest BCUT2D eigenvalue weighted by Gasteiger charge is 2.43. The maximum atomic E-state index is 13.9. The number of benzene rings is 2. The van der Waals surface area contributed by atoms with Crippen molar-refractivity contribution in [2.45, 2.75) is 31.1 Å². The van der Waals surface area contributed by atoms with Gasteiger partial charge in [0.2, 0.25) is 0 Å². The van der Waals surface area contributed by atoms with Gasteiger partial charge in [-0.05, 0) is 42.3 Å². The fraction of sp³-hybridized carbons (Fsp3) is 0.333. The molecule has 2 aromatic rings. The van der Waals surface area contributed by atoms with E-state index in [9.17, 15) is 44.6 Å². The number of aliphatic hydroxyl groups is 1. The Morgan fingerprint density at radius 1 is 1.05 bits per heavy atom. The second-order valence-electron chi connectivity index (χ2n) is 8.41. The number of anilines is 1. The quantitative estimate of drug-likeness (QED) is 0.360. The molecule has 1 N–H and O–H groups in total. The van der Waals surface area contributed by atoms with Gasteiger partial charge in [-0.25, -0.2) is 13.2 Å². The van der Waals surface area contributed by atoms with Crippen molar-refractivity contribution in [2.24, 2.45) is 5.92 Å². The summed E-state index contributed by atoms with van der Waals surface area (Å²) in [6.45, 7) is -1.36. The number of aliphatic hydroxyl groups excluding tert-OH is 1. The number of fused-ring (bicyclic) bond motifs is 1. The number of rotatable bonds is 5. The Morgan fingerprint density at radius 2 is 1.73 bits per heavy atom. The largest absolute Gasteiger partial charge is 0.573 e. The Balaban J connectivity index is 1.76. The van der Waals surface area contributed by atoms with Gasteiger partial charge in [0.15, 0.2) is 29.3 Å². The summed E-state index contributed by atoms with van der Waals surface area (Å²) in [5, 5.41) is 9.82. The van der Waals surface area contributed by atoms with Crippen LogP contribution in [0.3, 0.4) is 0 Å². The summed E-state index contributed by atoms with van der Waals surface area (Å²) in [7, 11) is 0. The number of hydrogen-bond acceptors (Lipinski definition) is 4. The lowest BCUT2D eigenvalue weighted by molar-refractivity contribution is -0.303. The highest BCUT2D eigenvalue weighted by molar-refractivity contribution is 5.80. The van der Waals surface area contributed by atoms with Crippen LogP contribution in [-0.4, -0.2) is 42.9 Å². The Bertz CT molecular complexity index is 1200. The van der Waals surface area contributed by atoms with Gasteiger partial charge in [-0.2, -0.15) is 13.2 Å². The SMILES string of the molecule is O[C@H](CN1c2cccc(-c3cc(F)c(F)c(F)c3)c2OC[C@@H]1C1C=C(OC(F)(F)F)C=CC1)C(F)(F)F. The highest BCUT2D eigenvalue weighted by Crippen LogP contribution is 2.45. The molecule has 3 atom stereocenters. The molecular formula is C24H18F9NO3. The molecule has 0 aromatic heterocycles. The van der Waals surface area contributed by atoms with Crippen molar-refractivity contribution in [1.82, 2.24) is 0 Å². The van der Waals surface area contributed by atoms with E-state index in [1.165, 1.54) is 24.3 Å². The molecule has 0 amide bonds. The van der Waals surface area contributed by atoms with E-state index in [1.54, 1.807) is 0 Å². The van der Waals surface area contributed by atoms with Crippen LogP contribution in [0, 0.1) is 23.4 Å². The van der Waals surface area contributed by atoms with Crippen molar-refractivity contribution in [3.63, 3.8) is 0 Å². The molecule has 2 aliphatic rings. The molecule has 4 nitrogen and oxygen atoms in total. The van der Waals surface area contributed by atoms with Crippen LogP contribution in [0.4, 0.5) is 45.2 Å². The van der Waals surface area contributed by atoms with Gasteiger partial charge in [0.1, 0.15) is 12.4 Å². The first-order valence-corrected chi connectivity index (χ1v) is 10.8. The maximum absolute atomic E-state index is 13.9.